The molecule has 0 aliphatic carbocycles. The van der Waals surface area contributed by atoms with Crippen molar-refractivity contribution >= 4 is 11.9 Å². The van der Waals surface area contributed by atoms with Gasteiger partial charge in [-0.2, -0.15) is 0 Å². The predicted molar refractivity (Wildman–Crippen MR) is 84.2 cm³/mol. The van der Waals surface area contributed by atoms with Gasteiger partial charge in [-0.3, -0.25) is 0 Å². The number of hydrogen-bond acceptors (Lipinski definition) is 6. The van der Waals surface area contributed by atoms with Gasteiger partial charge in [-0.1, -0.05) is 30.3 Å². The molecule has 0 spiro atoms. The summed E-state index contributed by atoms with van der Waals surface area (Å²) in [6.45, 7) is -0.0246. The first-order chi connectivity index (χ1) is 11.1. The van der Waals surface area contributed by atoms with Crippen LogP contribution in [0.1, 0.15) is 17.2 Å². The van der Waals surface area contributed by atoms with Crippen LogP contribution < -0.4 is 11.1 Å². The molecule has 2 rings (SSSR count). The number of aliphatic hydroxyl groups excluding tert-OH is 2. The van der Waals surface area contributed by atoms with E-state index in [9.17, 15) is 15.0 Å². The number of nitrogens with one attached hydrogen (secondary N) is 1. The van der Waals surface area contributed by atoms with E-state index in [1.165, 1.54) is 18.3 Å². The Morgan fingerprint density at radius 2 is 2.00 bits per heavy atom. The molecule has 7 heteroatoms. The number of hydrogen-bond donors (Lipinski definition) is 4. The van der Waals surface area contributed by atoms with Gasteiger partial charge in [0.2, 0.25) is 0 Å². The van der Waals surface area contributed by atoms with E-state index >= 15 is 0 Å². The molecule has 0 saturated heterocycles. The van der Waals surface area contributed by atoms with Gasteiger partial charge in [-0.05, 0) is 23.3 Å². The quantitative estimate of drug-likeness (QED) is 0.631. The topological polar surface area (TPSA) is 118 Å². The zero-order valence-corrected chi connectivity index (χ0v) is 12.4. The minimum Gasteiger partial charge on any atom is -0.445 e. The fraction of sp³-hybridized carbons (Fsp3) is 0.250. The highest BCUT2D eigenvalue weighted by Crippen LogP contribution is 2.17. The van der Waals surface area contributed by atoms with Crippen LogP contribution in [0.2, 0.25) is 0 Å². The third kappa shape index (κ3) is 5.24. The van der Waals surface area contributed by atoms with Gasteiger partial charge < -0.3 is 26.0 Å². The van der Waals surface area contributed by atoms with Crippen molar-refractivity contribution in [1.82, 2.24) is 10.3 Å². The number of nitrogens with two attached hydrogens (primary N) is 1. The summed E-state index contributed by atoms with van der Waals surface area (Å²) in [4.78, 5) is 15.4. The highest BCUT2D eigenvalue weighted by Gasteiger charge is 2.19. The fourth-order valence-electron chi connectivity index (χ4n) is 1.95. The van der Waals surface area contributed by atoms with Crippen molar-refractivity contribution in [2.75, 3.05) is 12.3 Å². The van der Waals surface area contributed by atoms with Crippen LogP contribution >= 0.6 is 0 Å². The monoisotopic (exact) mass is 317 g/mol. The third-order valence-electron chi connectivity index (χ3n) is 3.18. The minimum atomic E-state index is -1.19. The van der Waals surface area contributed by atoms with Gasteiger partial charge in [-0.15, -0.1) is 0 Å². The van der Waals surface area contributed by atoms with Gasteiger partial charge in [0.1, 0.15) is 24.6 Å². The summed E-state index contributed by atoms with van der Waals surface area (Å²) in [5.74, 6) is 0.240. The van der Waals surface area contributed by atoms with Gasteiger partial charge in [0, 0.05) is 12.7 Å². The average Bonchev–Trinajstić information content (AvgIpc) is 2.58. The number of benzene rings is 1. The number of rotatable bonds is 6. The normalized spacial score (nSPS) is 13.1. The maximum Gasteiger partial charge on any atom is 0.407 e. The summed E-state index contributed by atoms with van der Waals surface area (Å²) >= 11 is 0. The van der Waals surface area contributed by atoms with E-state index in [1.54, 1.807) is 0 Å². The van der Waals surface area contributed by atoms with Crippen LogP contribution in [0.4, 0.5) is 10.6 Å². The summed E-state index contributed by atoms with van der Waals surface area (Å²) in [5.41, 5.74) is 6.80. The number of aromatic nitrogens is 1. The van der Waals surface area contributed by atoms with Crippen molar-refractivity contribution < 1.29 is 19.7 Å². The van der Waals surface area contributed by atoms with E-state index in [-0.39, 0.29) is 19.0 Å². The number of pyridine rings is 1. The smallest absolute Gasteiger partial charge is 0.407 e. The van der Waals surface area contributed by atoms with Crippen molar-refractivity contribution in [3.8, 4) is 0 Å². The molecule has 0 radical (unpaired) electrons. The number of nitrogens with zero attached hydrogens (tertiary/aromatic N) is 1. The number of amides is 1. The number of nitrogen functional groups attached to an aromatic ring is 1. The van der Waals surface area contributed by atoms with Crippen molar-refractivity contribution in [3.63, 3.8) is 0 Å². The number of carbonyl (C=O) groups excluding carboxylic acids is 1. The predicted octanol–water partition coefficient (Wildman–Crippen LogP) is 0.984. The molecule has 2 aromatic rings. The first-order valence-electron chi connectivity index (χ1n) is 7.08. The number of anilines is 1. The van der Waals surface area contributed by atoms with Crippen molar-refractivity contribution in [1.29, 1.82) is 0 Å². The second kappa shape index (κ2) is 8.11. The number of alkyl carbamates (subject to hydrolysis) is 1. The van der Waals surface area contributed by atoms with E-state index in [0.29, 0.717) is 5.56 Å². The lowest BCUT2D eigenvalue weighted by Crippen LogP contribution is -2.35. The van der Waals surface area contributed by atoms with Crippen molar-refractivity contribution in [3.05, 3.63) is 59.8 Å². The maximum absolute atomic E-state index is 11.6. The Morgan fingerprint density at radius 3 is 2.70 bits per heavy atom. The molecule has 23 heavy (non-hydrogen) atoms. The van der Waals surface area contributed by atoms with Crippen molar-refractivity contribution in [2.24, 2.45) is 0 Å². The maximum atomic E-state index is 11.6. The van der Waals surface area contributed by atoms with E-state index in [2.05, 4.69) is 10.3 Å². The van der Waals surface area contributed by atoms with E-state index in [1.807, 2.05) is 30.3 Å². The number of ether oxygens (including phenoxy) is 1. The third-order valence-corrected chi connectivity index (χ3v) is 3.18. The molecule has 7 nitrogen and oxygen atoms in total. The fourth-order valence-corrected chi connectivity index (χ4v) is 1.95. The van der Waals surface area contributed by atoms with E-state index < -0.39 is 18.3 Å². The second-order valence-electron chi connectivity index (χ2n) is 4.97. The molecule has 2 atom stereocenters. The first kappa shape index (κ1) is 16.7. The van der Waals surface area contributed by atoms with Crippen LogP contribution in [-0.2, 0) is 11.3 Å². The molecular formula is C16H19N3O4. The Morgan fingerprint density at radius 1 is 1.26 bits per heavy atom. The highest BCUT2D eigenvalue weighted by atomic mass is 16.5. The molecule has 1 aromatic carbocycles. The number of aliphatic hydroxyl groups is 2. The zero-order chi connectivity index (χ0) is 16.7. The Bertz CT molecular complexity index is 636. The lowest BCUT2D eigenvalue weighted by atomic mass is 10.1. The molecule has 5 N–H and O–H groups in total. The van der Waals surface area contributed by atoms with Crippen LogP contribution in [0, 0.1) is 0 Å². The Balaban J connectivity index is 1.77. The van der Waals surface area contributed by atoms with Crippen LogP contribution in [-0.4, -0.2) is 33.9 Å². The van der Waals surface area contributed by atoms with Crippen LogP contribution in [0.15, 0.2) is 48.7 Å². The average molecular weight is 317 g/mol. The SMILES string of the molecule is Nc1cc(C(O)C(O)CNC(=O)OCc2ccccc2)ccn1. The van der Waals surface area contributed by atoms with Crippen LogP contribution in [0.3, 0.4) is 0 Å². The van der Waals surface area contributed by atoms with Gasteiger partial charge >= 0.3 is 6.09 Å². The van der Waals surface area contributed by atoms with Gasteiger partial charge in [0.15, 0.2) is 0 Å². The summed E-state index contributed by atoms with van der Waals surface area (Å²) in [6.07, 6.45) is -1.62. The molecule has 0 aliphatic rings. The summed E-state index contributed by atoms with van der Waals surface area (Å²) in [6, 6.07) is 12.2. The Kier molecular flexibility index (Phi) is 5.90. The molecule has 1 heterocycles. The zero-order valence-electron chi connectivity index (χ0n) is 12.4. The lowest BCUT2D eigenvalue weighted by Gasteiger charge is -2.18. The Hall–Kier alpha value is -2.64. The van der Waals surface area contributed by atoms with Crippen molar-refractivity contribution in [2.45, 2.75) is 18.8 Å². The molecular weight excluding hydrogens is 298 g/mol. The summed E-state index contributed by atoms with van der Waals surface area (Å²) in [7, 11) is 0. The van der Waals surface area contributed by atoms with E-state index in [0.717, 1.165) is 5.56 Å². The lowest BCUT2D eigenvalue weighted by molar-refractivity contribution is 0.0184. The highest BCUT2D eigenvalue weighted by molar-refractivity contribution is 5.67. The molecule has 0 fully saturated rings. The van der Waals surface area contributed by atoms with Crippen LogP contribution in [0.5, 0.6) is 0 Å². The molecule has 122 valence electrons. The molecule has 0 saturated carbocycles. The largest absolute Gasteiger partial charge is 0.445 e. The summed E-state index contributed by atoms with van der Waals surface area (Å²) < 4.78 is 5.01. The Labute approximate surface area is 133 Å². The molecule has 0 aliphatic heterocycles. The van der Waals surface area contributed by atoms with Gasteiger partial charge in [0.05, 0.1) is 0 Å². The molecule has 0 bridgehead atoms. The van der Waals surface area contributed by atoms with Crippen LogP contribution in [0.25, 0.3) is 0 Å². The number of carbonyl (C=O) groups is 1. The first-order valence-corrected chi connectivity index (χ1v) is 7.08. The molecule has 1 amide bonds. The van der Waals surface area contributed by atoms with Gasteiger partial charge in [0.25, 0.3) is 0 Å². The minimum absolute atomic E-state index is 0.131. The summed E-state index contributed by atoms with van der Waals surface area (Å²) in [5, 5.41) is 22.3. The molecule has 2 unspecified atom stereocenters. The van der Waals surface area contributed by atoms with E-state index in [4.69, 9.17) is 10.5 Å². The molecule has 1 aromatic heterocycles. The second-order valence-corrected chi connectivity index (χ2v) is 4.97. The standard InChI is InChI=1S/C16H19N3O4/c17-14-8-12(6-7-18-14)15(21)13(20)9-19-16(22)23-10-11-4-2-1-3-5-11/h1-8,13,15,20-21H,9-10H2,(H2,17,18)(H,19,22). The van der Waals surface area contributed by atoms with Gasteiger partial charge in [-0.25, -0.2) is 9.78 Å².